The summed E-state index contributed by atoms with van der Waals surface area (Å²) in [6, 6.07) is 3.78. The van der Waals surface area contributed by atoms with Gasteiger partial charge in [-0.2, -0.15) is 15.0 Å². The van der Waals surface area contributed by atoms with E-state index in [1.165, 1.54) is 0 Å². The Labute approximate surface area is 118 Å². The van der Waals surface area contributed by atoms with Gasteiger partial charge in [-0.25, -0.2) is 4.98 Å². The van der Waals surface area contributed by atoms with Crippen LogP contribution in [-0.2, 0) is 6.54 Å². The quantitative estimate of drug-likeness (QED) is 0.879. The van der Waals surface area contributed by atoms with Gasteiger partial charge in [0.2, 0.25) is 17.8 Å². The predicted octanol–water partition coefficient (Wildman–Crippen LogP) is 1.26. The molecule has 1 N–H and O–H groups in total. The standard InChI is InChI=1S/C13H18N6O/c1-9-16-12(18-13(17-9)19(2)3)15-8-10-5-6-14-11(7-10)20-4/h5-7H,8H2,1-4H3,(H,15,16,17,18). The molecule has 0 unspecified atom stereocenters. The van der Waals surface area contributed by atoms with E-state index in [4.69, 9.17) is 4.74 Å². The summed E-state index contributed by atoms with van der Waals surface area (Å²) in [4.78, 5) is 18.8. The highest BCUT2D eigenvalue weighted by atomic mass is 16.5. The van der Waals surface area contributed by atoms with Crippen LogP contribution in [0.25, 0.3) is 0 Å². The maximum absolute atomic E-state index is 5.09. The van der Waals surface area contributed by atoms with Crippen molar-refractivity contribution in [1.29, 1.82) is 0 Å². The molecule has 0 amide bonds. The van der Waals surface area contributed by atoms with Crippen LogP contribution < -0.4 is 15.0 Å². The van der Waals surface area contributed by atoms with Gasteiger partial charge in [0, 0.05) is 32.9 Å². The molecule has 0 saturated carbocycles. The van der Waals surface area contributed by atoms with Gasteiger partial charge in [-0.15, -0.1) is 0 Å². The first kappa shape index (κ1) is 14.0. The Bertz CT molecular complexity index is 587. The highest BCUT2D eigenvalue weighted by Crippen LogP contribution is 2.11. The van der Waals surface area contributed by atoms with Crippen molar-refractivity contribution < 1.29 is 4.74 Å². The Hall–Kier alpha value is -2.44. The molecule has 0 aliphatic carbocycles. The molecule has 0 radical (unpaired) electrons. The largest absolute Gasteiger partial charge is 0.481 e. The van der Waals surface area contributed by atoms with E-state index in [1.54, 1.807) is 13.3 Å². The zero-order chi connectivity index (χ0) is 14.5. The van der Waals surface area contributed by atoms with E-state index in [2.05, 4.69) is 25.3 Å². The van der Waals surface area contributed by atoms with Crippen molar-refractivity contribution in [3.63, 3.8) is 0 Å². The molecule has 7 heteroatoms. The normalized spacial score (nSPS) is 10.2. The molecule has 2 aromatic heterocycles. The lowest BCUT2D eigenvalue weighted by atomic mass is 10.2. The van der Waals surface area contributed by atoms with Gasteiger partial charge < -0.3 is 15.0 Å². The van der Waals surface area contributed by atoms with Crippen molar-refractivity contribution in [1.82, 2.24) is 19.9 Å². The average Bonchev–Trinajstić information content (AvgIpc) is 2.44. The van der Waals surface area contributed by atoms with Gasteiger partial charge in [0.1, 0.15) is 5.82 Å². The third-order valence-corrected chi connectivity index (χ3v) is 2.59. The number of rotatable bonds is 5. The summed E-state index contributed by atoms with van der Waals surface area (Å²) in [5.74, 6) is 2.45. The second-order valence-electron chi connectivity index (χ2n) is 4.46. The van der Waals surface area contributed by atoms with Crippen LogP contribution in [0, 0.1) is 6.92 Å². The zero-order valence-electron chi connectivity index (χ0n) is 12.1. The number of aryl methyl sites for hydroxylation is 1. The zero-order valence-corrected chi connectivity index (χ0v) is 12.1. The Morgan fingerprint density at radius 1 is 1.25 bits per heavy atom. The minimum absolute atomic E-state index is 0.553. The first-order valence-corrected chi connectivity index (χ1v) is 6.21. The number of methoxy groups -OCH3 is 1. The lowest BCUT2D eigenvalue weighted by Crippen LogP contribution is -2.16. The summed E-state index contributed by atoms with van der Waals surface area (Å²) >= 11 is 0. The van der Waals surface area contributed by atoms with Crippen molar-refractivity contribution in [3.8, 4) is 5.88 Å². The van der Waals surface area contributed by atoms with E-state index in [1.807, 2.05) is 38.1 Å². The third-order valence-electron chi connectivity index (χ3n) is 2.59. The SMILES string of the molecule is COc1cc(CNc2nc(C)nc(N(C)C)n2)ccn1. The van der Waals surface area contributed by atoms with E-state index in [9.17, 15) is 0 Å². The van der Waals surface area contributed by atoms with Crippen molar-refractivity contribution in [2.45, 2.75) is 13.5 Å². The summed E-state index contributed by atoms with van der Waals surface area (Å²) in [6.07, 6.45) is 1.71. The minimum atomic E-state index is 0.553. The van der Waals surface area contributed by atoms with Gasteiger partial charge in [0.15, 0.2) is 0 Å². The van der Waals surface area contributed by atoms with E-state index in [0.717, 1.165) is 5.56 Å². The van der Waals surface area contributed by atoms with Crippen LogP contribution in [0.3, 0.4) is 0 Å². The van der Waals surface area contributed by atoms with E-state index < -0.39 is 0 Å². The van der Waals surface area contributed by atoms with Crippen LogP contribution in [0.2, 0.25) is 0 Å². The van der Waals surface area contributed by atoms with Crippen molar-refractivity contribution in [2.24, 2.45) is 0 Å². The highest BCUT2D eigenvalue weighted by molar-refractivity contribution is 5.36. The fraction of sp³-hybridized carbons (Fsp3) is 0.385. The molecule has 106 valence electrons. The number of nitrogens with zero attached hydrogens (tertiary/aromatic N) is 5. The molecular formula is C13H18N6O. The van der Waals surface area contributed by atoms with Gasteiger partial charge in [0.25, 0.3) is 0 Å². The van der Waals surface area contributed by atoms with Crippen LogP contribution in [0.5, 0.6) is 5.88 Å². The number of aromatic nitrogens is 4. The van der Waals surface area contributed by atoms with E-state index in [0.29, 0.717) is 30.1 Å². The molecule has 0 aliphatic heterocycles. The highest BCUT2D eigenvalue weighted by Gasteiger charge is 2.05. The maximum Gasteiger partial charge on any atom is 0.229 e. The summed E-state index contributed by atoms with van der Waals surface area (Å²) in [7, 11) is 5.39. The second kappa shape index (κ2) is 6.14. The van der Waals surface area contributed by atoms with Gasteiger partial charge in [-0.1, -0.05) is 0 Å². The van der Waals surface area contributed by atoms with Crippen molar-refractivity contribution in [2.75, 3.05) is 31.4 Å². The van der Waals surface area contributed by atoms with Crippen LogP contribution in [0.1, 0.15) is 11.4 Å². The molecule has 0 aliphatic rings. The molecule has 0 bridgehead atoms. The lowest BCUT2D eigenvalue weighted by molar-refractivity contribution is 0.397. The van der Waals surface area contributed by atoms with Gasteiger partial charge in [-0.05, 0) is 18.6 Å². The molecule has 2 rings (SSSR count). The molecular weight excluding hydrogens is 256 g/mol. The Morgan fingerprint density at radius 2 is 2.05 bits per heavy atom. The summed E-state index contributed by atoms with van der Waals surface area (Å²) in [6.45, 7) is 2.44. The fourth-order valence-electron chi connectivity index (χ4n) is 1.60. The summed E-state index contributed by atoms with van der Waals surface area (Å²) in [5.41, 5.74) is 1.04. The van der Waals surface area contributed by atoms with Crippen LogP contribution in [-0.4, -0.2) is 41.1 Å². The van der Waals surface area contributed by atoms with E-state index >= 15 is 0 Å². The lowest BCUT2D eigenvalue weighted by Gasteiger charge is -2.12. The topological polar surface area (TPSA) is 76.1 Å². The fourth-order valence-corrected chi connectivity index (χ4v) is 1.60. The first-order chi connectivity index (χ1) is 9.58. The first-order valence-electron chi connectivity index (χ1n) is 6.21. The molecule has 2 aromatic rings. The number of pyridine rings is 1. The van der Waals surface area contributed by atoms with Crippen molar-refractivity contribution >= 4 is 11.9 Å². The molecule has 7 nitrogen and oxygen atoms in total. The summed E-state index contributed by atoms with van der Waals surface area (Å²) < 4.78 is 5.09. The molecule has 20 heavy (non-hydrogen) atoms. The number of ether oxygens (including phenoxy) is 1. The number of hydrogen-bond donors (Lipinski definition) is 1. The van der Waals surface area contributed by atoms with Crippen molar-refractivity contribution in [3.05, 3.63) is 29.7 Å². The van der Waals surface area contributed by atoms with Gasteiger partial charge >= 0.3 is 0 Å². The molecule has 0 aromatic carbocycles. The van der Waals surface area contributed by atoms with Crippen LogP contribution >= 0.6 is 0 Å². The third kappa shape index (κ3) is 3.53. The second-order valence-corrected chi connectivity index (χ2v) is 4.46. The Morgan fingerprint density at radius 3 is 2.75 bits per heavy atom. The average molecular weight is 274 g/mol. The number of anilines is 2. The van der Waals surface area contributed by atoms with E-state index in [-0.39, 0.29) is 0 Å². The van der Waals surface area contributed by atoms with Crippen LogP contribution in [0.15, 0.2) is 18.3 Å². The smallest absolute Gasteiger partial charge is 0.229 e. The number of hydrogen-bond acceptors (Lipinski definition) is 7. The Kier molecular flexibility index (Phi) is 4.29. The molecule has 0 atom stereocenters. The van der Waals surface area contributed by atoms with Gasteiger partial charge in [0.05, 0.1) is 7.11 Å². The summed E-state index contributed by atoms with van der Waals surface area (Å²) in [5, 5.41) is 3.18. The van der Waals surface area contributed by atoms with Gasteiger partial charge in [-0.3, -0.25) is 0 Å². The number of nitrogens with one attached hydrogen (secondary N) is 1. The molecule has 0 saturated heterocycles. The monoisotopic (exact) mass is 274 g/mol. The molecule has 0 spiro atoms. The van der Waals surface area contributed by atoms with Crippen LogP contribution in [0.4, 0.5) is 11.9 Å². The Balaban J connectivity index is 2.10. The molecule has 0 fully saturated rings. The maximum atomic E-state index is 5.09. The predicted molar refractivity (Wildman–Crippen MR) is 77.0 cm³/mol. The molecule has 2 heterocycles. The minimum Gasteiger partial charge on any atom is -0.481 e.